The number of piperidine rings is 2. The van der Waals surface area contributed by atoms with E-state index < -0.39 is 23.2 Å². The largest absolute Gasteiger partial charge is 0.417 e. The van der Waals surface area contributed by atoms with E-state index in [1.807, 2.05) is 24.0 Å². The number of hydrogen-bond donors (Lipinski definition) is 2. The zero-order valence-corrected chi connectivity index (χ0v) is 35.2. The van der Waals surface area contributed by atoms with Crippen LogP contribution in [0.5, 0.6) is 0 Å². The second-order valence-corrected chi connectivity index (χ2v) is 16.4. The Morgan fingerprint density at radius 1 is 0.887 bits per heavy atom. The van der Waals surface area contributed by atoms with Crippen LogP contribution >= 0.6 is 0 Å². The molecule has 0 aliphatic carbocycles. The zero-order valence-electron chi connectivity index (χ0n) is 35.2. The summed E-state index contributed by atoms with van der Waals surface area (Å²) in [7, 11) is 1.65. The Bertz CT molecular complexity index is 2100. The molecule has 3 fully saturated rings. The second-order valence-electron chi connectivity index (χ2n) is 16.4. The molecule has 0 spiro atoms. The molecule has 4 heterocycles. The van der Waals surface area contributed by atoms with Crippen molar-refractivity contribution >= 4 is 53.3 Å². The molecule has 1 unspecified atom stereocenters. The summed E-state index contributed by atoms with van der Waals surface area (Å²) in [6.07, 6.45) is 2.75. The van der Waals surface area contributed by atoms with E-state index in [0.717, 1.165) is 82.5 Å². The molecule has 62 heavy (non-hydrogen) atoms. The predicted octanol–water partition coefficient (Wildman–Crippen LogP) is 5.58. The highest BCUT2D eigenvalue weighted by atomic mass is 19.4. The van der Waals surface area contributed by atoms with Crippen LogP contribution < -0.4 is 25.3 Å². The lowest BCUT2D eigenvalue weighted by molar-refractivity contribution is -0.137. The fourth-order valence-corrected chi connectivity index (χ4v) is 8.50. The Hall–Kier alpha value is -6.02. The first-order valence-corrected chi connectivity index (χ1v) is 21.2. The molecule has 0 saturated carbocycles. The Balaban J connectivity index is 0.901. The van der Waals surface area contributed by atoms with Gasteiger partial charge in [-0.25, -0.2) is 4.98 Å². The first-order chi connectivity index (χ1) is 29.8. The van der Waals surface area contributed by atoms with E-state index >= 15 is 0 Å². The summed E-state index contributed by atoms with van der Waals surface area (Å²) in [5, 5.41) is 14.1. The van der Waals surface area contributed by atoms with Crippen molar-refractivity contribution in [1.29, 1.82) is 5.26 Å². The molecule has 0 bridgehead atoms. The van der Waals surface area contributed by atoms with Gasteiger partial charge >= 0.3 is 6.18 Å². The molecule has 2 aromatic carbocycles. The third-order valence-corrected chi connectivity index (χ3v) is 12.6. The van der Waals surface area contributed by atoms with Gasteiger partial charge in [0.15, 0.2) is 6.29 Å². The van der Waals surface area contributed by atoms with Gasteiger partial charge in [-0.15, -0.1) is 0 Å². The summed E-state index contributed by atoms with van der Waals surface area (Å²) in [6, 6.07) is 14.2. The van der Waals surface area contributed by atoms with Crippen molar-refractivity contribution in [2.24, 2.45) is 11.8 Å². The van der Waals surface area contributed by atoms with Crippen LogP contribution in [0.3, 0.4) is 0 Å². The maximum Gasteiger partial charge on any atom is 0.417 e. The number of carbonyl (C=O) groups excluding carboxylic acids is 5. The number of nitriles is 1. The van der Waals surface area contributed by atoms with Gasteiger partial charge < -0.3 is 24.9 Å². The van der Waals surface area contributed by atoms with Crippen molar-refractivity contribution in [1.82, 2.24) is 20.1 Å². The number of carbonyl (C=O) groups is 5. The molecule has 0 radical (unpaired) electrons. The zero-order chi connectivity index (χ0) is 44.4. The summed E-state index contributed by atoms with van der Waals surface area (Å²) in [5.41, 5.74) is 1.54. The summed E-state index contributed by atoms with van der Waals surface area (Å²) in [5.74, 6) is -0.132. The average Bonchev–Trinajstić information content (AvgIpc) is 3.29. The number of aldehydes is 1. The van der Waals surface area contributed by atoms with Gasteiger partial charge in [0.05, 0.1) is 34.6 Å². The number of imide groups is 1. The number of nitrogens with zero attached hydrogens (tertiary/aromatic N) is 7. The lowest BCUT2D eigenvalue weighted by Crippen LogP contribution is -2.47. The summed E-state index contributed by atoms with van der Waals surface area (Å²) >= 11 is 0. The Labute approximate surface area is 360 Å². The molecule has 330 valence electrons. The quantitative estimate of drug-likeness (QED) is 0.184. The molecule has 4 amide bonds. The third-order valence-electron chi connectivity index (χ3n) is 12.6. The van der Waals surface area contributed by atoms with E-state index in [1.54, 1.807) is 37.5 Å². The van der Waals surface area contributed by atoms with Crippen molar-refractivity contribution in [2.75, 3.05) is 86.0 Å². The molecule has 14 nitrogen and oxygen atoms in total. The van der Waals surface area contributed by atoms with Gasteiger partial charge in [0.1, 0.15) is 5.82 Å². The molecule has 1 atom stereocenters. The van der Waals surface area contributed by atoms with E-state index in [4.69, 9.17) is 5.26 Å². The number of anilines is 4. The Morgan fingerprint density at radius 2 is 1.52 bits per heavy atom. The van der Waals surface area contributed by atoms with Crippen LogP contribution in [0.15, 0.2) is 54.7 Å². The summed E-state index contributed by atoms with van der Waals surface area (Å²) in [4.78, 5) is 75.6. The van der Waals surface area contributed by atoms with E-state index in [1.165, 1.54) is 17.0 Å². The monoisotopic (exact) mass is 857 g/mol. The minimum Gasteiger partial charge on any atom is -0.371 e. The first kappa shape index (κ1) is 45.5. The van der Waals surface area contributed by atoms with Crippen molar-refractivity contribution in [3.05, 3.63) is 77.0 Å². The van der Waals surface area contributed by atoms with Gasteiger partial charge in [0.2, 0.25) is 18.2 Å². The number of halogens is 3. The maximum atomic E-state index is 13.5. The minimum atomic E-state index is -4.63. The minimum absolute atomic E-state index is 0.0983. The maximum absolute atomic E-state index is 13.5. The predicted molar refractivity (Wildman–Crippen MR) is 229 cm³/mol. The smallest absolute Gasteiger partial charge is 0.371 e. The van der Waals surface area contributed by atoms with Crippen LogP contribution in [0.25, 0.3) is 0 Å². The van der Waals surface area contributed by atoms with E-state index in [0.29, 0.717) is 73.6 Å². The number of nitrogens with one attached hydrogen (secondary N) is 2. The standard InChI is InChI=1S/C45H54F3N9O5/c1-31(3-10-42(60)51-30-59)53(2)44(62)39-25-36(7-5-35(39)29-58)55-17-12-32(13-18-55)11-16-54-21-23-57(24-22-54)38-8-9-41(50-28-38)52-43(61)33-14-19-56(20-15-33)37-6-4-34(27-49)40(26-37)45(46,47)48/h4-9,25-26,28-33H,3,10-24H2,1-2H3,(H,50,52,61)(H,51,59,60). The van der Waals surface area contributed by atoms with Gasteiger partial charge in [-0.2, -0.15) is 18.4 Å². The lowest BCUT2D eigenvalue weighted by atomic mass is 9.92. The van der Waals surface area contributed by atoms with Gasteiger partial charge in [0.25, 0.3) is 5.91 Å². The third kappa shape index (κ3) is 11.5. The van der Waals surface area contributed by atoms with E-state index in [-0.39, 0.29) is 30.2 Å². The highest BCUT2D eigenvalue weighted by molar-refractivity contribution is 6.02. The highest BCUT2D eigenvalue weighted by Gasteiger charge is 2.35. The number of hydrogen-bond acceptors (Lipinski definition) is 11. The molecule has 3 aromatic rings. The number of alkyl halides is 3. The van der Waals surface area contributed by atoms with Crippen LogP contribution in [-0.2, 0) is 20.6 Å². The van der Waals surface area contributed by atoms with Crippen LogP contribution in [0.4, 0.5) is 36.1 Å². The van der Waals surface area contributed by atoms with Gasteiger partial charge in [-0.1, -0.05) is 0 Å². The SMILES string of the molecule is CC(CCC(=O)NC=O)N(C)C(=O)c1cc(N2CCC(CCN3CCN(c4ccc(NC(=O)C5CCN(c6ccc(C#N)c(C(F)(F)F)c6)CC5)nc4)CC3)CC2)ccc1C=O. The van der Waals surface area contributed by atoms with E-state index in [2.05, 4.69) is 30.3 Å². The Kier molecular flexibility index (Phi) is 15.2. The van der Waals surface area contributed by atoms with Crippen LogP contribution in [-0.4, -0.2) is 117 Å². The molecule has 6 rings (SSSR count). The molecular weight excluding hydrogens is 804 g/mol. The van der Waals surface area contributed by atoms with Crippen LogP contribution in [0.1, 0.15) is 83.7 Å². The number of rotatable bonds is 15. The number of amides is 4. The fraction of sp³-hybridized carbons (Fsp3) is 0.489. The van der Waals surface area contributed by atoms with Crippen LogP contribution in [0.2, 0.25) is 0 Å². The number of pyridine rings is 1. The molecule has 3 saturated heterocycles. The number of benzene rings is 2. The number of piperazine rings is 1. The molecule has 2 N–H and O–H groups in total. The molecule has 3 aliphatic rings. The number of aromatic nitrogens is 1. The topological polar surface area (TPSA) is 162 Å². The van der Waals surface area contributed by atoms with E-state index in [9.17, 15) is 37.1 Å². The van der Waals surface area contributed by atoms with Gasteiger partial charge in [-0.05, 0) is 106 Å². The van der Waals surface area contributed by atoms with Crippen molar-refractivity contribution in [2.45, 2.75) is 64.1 Å². The van der Waals surface area contributed by atoms with Crippen molar-refractivity contribution in [3.8, 4) is 6.07 Å². The summed E-state index contributed by atoms with van der Waals surface area (Å²) < 4.78 is 40.4. The highest BCUT2D eigenvalue weighted by Crippen LogP contribution is 2.36. The van der Waals surface area contributed by atoms with Crippen molar-refractivity contribution < 1.29 is 37.1 Å². The normalized spacial score (nSPS) is 17.2. The van der Waals surface area contributed by atoms with Crippen molar-refractivity contribution in [3.63, 3.8) is 0 Å². The van der Waals surface area contributed by atoms with Crippen LogP contribution in [0, 0.1) is 23.2 Å². The first-order valence-electron chi connectivity index (χ1n) is 21.2. The average molecular weight is 858 g/mol. The summed E-state index contributed by atoms with van der Waals surface area (Å²) in [6.45, 7) is 8.93. The molecule has 17 heteroatoms. The fourth-order valence-electron chi connectivity index (χ4n) is 8.50. The lowest BCUT2D eigenvalue weighted by Gasteiger charge is -2.38. The Morgan fingerprint density at radius 3 is 2.13 bits per heavy atom. The van der Waals surface area contributed by atoms with Gasteiger partial charge in [0, 0.05) is 94.7 Å². The molecule has 1 aromatic heterocycles. The molecule has 3 aliphatic heterocycles. The molecular formula is C45H54F3N9O5. The second kappa shape index (κ2) is 20.7. The van der Waals surface area contributed by atoms with Gasteiger partial charge in [-0.3, -0.25) is 34.2 Å².